The second kappa shape index (κ2) is 10.7. The van der Waals surface area contributed by atoms with E-state index in [-0.39, 0.29) is 34.3 Å². The topological polar surface area (TPSA) is 22.0 Å². The molecule has 1 heterocycles. The van der Waals surface area contributed by atoms with Crippen LogP contribution in [0, 0.1) is 5.41 Å². The van der Waals surface area contributed by atoms with Crippen LogP contribution in [0.5, 0.6) is 0 Å². The van der Waals surface area contributed by atoms with Gasteiger partial charge in [0.2, 0.25) is 0 Å². The maximum absolute atomic E-state index is 11.7. The second-order valence-electron chi connectivity index (χ2n) is 10.3. The number of hydrogen-bond donors (Lipinski definition) is 0. The fourth-order valence-corrected chi connectivity index (χ4v) is 5.07. The van der Waals surface area contributed by atoms with Crippen LogP contribution >= 0.6 is 23.4 Å². The van der Waals surface area contributed by atoms with E-state index in [1.165, 1.54) is 32.6 Å². The number of nitrogens with zero attached hydrogens (tertiary/aromatic N) is 1. The summed E-state index contributed by atoms with van der Waals surface area (Å²) in [5, 5.41) is 2.01. The molecular weight excluding hydrogens is 445 g/mol. The molecule has 2 aromatic carbocycles. The van der Waals surface area contributed by atoms with Gasteiger partial charge in [-0.3, -0.25) is 6.29 Å². The molecule has 0 aliphatic rings. The van der Waals surface area contributed by atoms with Gasteiger partial charge in [0.25, 0.3) is 0 Å². The van der Waals surface area contributed by atoms with Crippen LogP contribution in [0.2, 0.25) is 5.02 Å². The van der Waals surface area contributed by atoms with E-state index in [4.69, 9.17) is 11.6 Å². The molecule has 3 rings (SSSR count). The molecule has 0 saturated carbocycles. The van der Waals surface area contributed by atoms with Gasteiger partial charge < -0.3 is 9.36 Å². The third-order valence-electron chi connectivity index (χ3n) is 5.36. The summed E-state index contributed by atoms with van der Waals surface area (Å²) in [6, 6.07) is 14.8. The van der Waals surface area contributed by atoms with Crippen molar-refractivity contribution in [3.63, 3.8) is 0 Å². The minimum atomic E-state index is -0.555. The second-order valence-corrected chi connectivity index (χ2v) is 12.6. The standard InChI is InChI=1S/C27H33ClNOS.Na/c1-18(2)20-10-13-23-22(14-20)25(31-26(3,4)5)24(15-27(6,7)17-30)29(23)16-19-8-11-21(28)12-9-19;/h8-14,18H,15-16H2,1-7H3;/q-1;+1. The van der Waals surface area contributed by atoms with Gasteiger partial charge in [-0.15, -0.1) is 17.2 Å². The van der Waals surface area contributed by atoms with E-state index in [2.05, 4.69) is 75.8 Å². The van der Waals surface area contributed by atoms with Gasteiger partial charge in [-0.1, -0.05) is 78.3 Å². The molecular formula is C27H33ClNNaOS. The van der Waals surface area contributed by atoms with E-state index in [0.717, 1.165) is 11.6 Å². The summed E-state index contributed by atoms with van der Waals surface area (Å²) in [5.74, 6) is 0.458. The molecule has 0 aliphatic carbocycles. The minimum Gasteiger partial charge on any atom is -0.541 e. The van der Waals surface area contributed by atoms with Gasteiger partial charge in [-0.25, -0.2) is 0 Å². The smallest absolute Gasteiger partial charge is 0.541 e. The number of benzene rings is 2. The van der Waals surface area contributed by atoms with Gasteiger partial charge in [0.05, 0.1) is 0 Å². The summed E-state index contributed by atoms with van der Waals surface area (Å²) in [4.78, 5) is 13.0. The van der Waals surface area contributed by atoms with E-state index in [1.807, 2.05) is 37.7 Å². The Kier molecular flexibility index (Phi) is 9.20. The molecule has 166 valence electrons. The first kappa shape index (κ1) is 27.5. The van der Waals surface area contributed by atoms with Gasteiger partial charge in [0, 0.05) is 37.8 Å². The van der Waals surface area contributed by atoms with E-state index < -0.39 is 5.41 Å². The predicted molar refractivity (Wildman–Crippen MR) is 135 cm³/mol. The zero-order valence-corrected chi connectivity index (χ0v) is 24.2. The van der Waals surface area contributed by atoms with Crippen molar-refractivity contribution in [3.05, 3.63) is 64.3 Å². The predicted octanol–water partition coefficient (Wildman–Crippen LogP) is 5.04. The van der Waals surface area contributed by atoms with Crippen LogP contribution in [0.3, 0.4) is 0 Å². The molecule has 0 bridgehead atoms. The molecule has 0 atom stereocenters. The normalized spacial score (nSPS) is 12.3. The summed E-state index contributed by atoms with van der Waals surface area (Å²) >= 11 is 8.01. The Morgan fingerprint density at radius 1 is 1.03 bits per heavy atom. The molecule has 3 aromatic rings. The van der Waals surface area contributed by atoms with Crippen molar-refractivity contribution in [2.75, 3.05) is 0 Å². The first-order valence-electron chi connectivity index (χ1n) is 10.9. The number of aromatic nitrogens is 1. The van der Waals surface area contributed by atoms with Gasteiger partial charge in [0.1, 0.15) is 0 Å². The van der Waals surface area contributed by atoms with Crippen LogP contribution in [0.1, 0.15) is 71.2 Å². The van der Waals surface area contributed by atoms with Crippen molar-refractivity contribution < 1.29 is 34.4 Å². The Morgan fingerprint density at radius 2 is 1.66 bits per heavy atom. The zero-order valence-electron chi connectivity index (χ0n) is 20.7. The van der Waals surface area contributed by atoms with Gasteiger partial charge in [0.15, 0.2) is 0 Å². The zero-order chi connectivity index (χ0) is 23.0. The maximum atomic E-state index is 11.7. The SMILES string of the molecule is CC(C)c1ccc2c(c1)c(SC(C)(C)C)c(CC(C)(C)[C-]=O)n2Cc1ccc(Cl)cc1.[Na+]. The van der Waals surface area contributed by atoms with Crippen LogP contribution in [0.25, 0.3) is 10.9 Å². The quantitative estimate of drug-likeness (QED) is 0.270. The van der Waals surface area contributed by atoms with E-state index in [0.29, 0.717) is 12.3 Å². The van der Waals surface area contributed by atoms with Crippen LogP contribution in [-0.4, -0.2) is 15.6 Å². The number of hydrogen-bond acceptors (Lipinski definition) is 2. The van der Waals surface area contributed by atoms with Crippen LogP contribution < -0.4 is 29.6 Å². The summed E-state index contributed by atoms with van der Waals surface area (Å²) < 4.78 is 2.44. The van der Waals surface area contributed by atoms with Crippen molar-refractivity contribution in [2.24, 2.45) is 5.41 Å². The molecule has 32 heavy (non-hydrogen) atoms. The monoisotopic (exact) mass is 477 g/mol. The molecule has 0 saturated heterocycles. The molecule has 0 aliphatic heterocycles. The van der Waals surface area contributed by atoms with Crippen LogP contribution in [-0.2, 0) is 17.8 Å². The van der Waals surface area contributed by atoms with Gasteiger partial charge in [-0.05, 0) is 47.7 Å². The third kappa shape index (κ3) is 6.67. The molecule has 1 aromatic heterocycles. The third-order valence-corrected chi connectivity index (χ3v) is 6.88. The Hall–Kier alpha value is -0.710. The molecule has 2 nitrogen and oxygen atoms in total. The number of rotatable bonds is 7. The fraction of sp³-hybridized carbons (Fsp3) is 0.444. The summed E-state index contributed by atoms with van der Waals surface area (Å²) in [6.45, 7) is 15.9. The largest absolute Gasteiger partial charge is 1.00 e. The first-order chi connectivity index (χ1) is 14.4. The van der Waals surface area contributed by atoms with Crippen molar-refractivity contribution in [1.82, 2.24) is 4.57 Å². The van der Waals surface area contributed by atoms with Crippen LogP contribution in [0.15, 0.2) is 47.4 Å². The molecule has 0 N–H and O–H groups in total. The van der Waals surface area contributed by atoms with E-state index >= 15 is 0 Å². The average Bonchev–Trinajstić information content (AvgIpc) is 2.94. The number of fused-ring (bicyclic) bond motifs is 1. The van der Waals surface area contributed by atoms with E-state index in [9.17, 15) is 4.79 Å². The Morgan fingerprint density at radius 3 is 2.19 bits per heavy atom. The number of thioether (sulfide) groups is 1. The molecule has 0 spiro atoms. The molecule has 0 amide bonds. The Labute approximate surface area is 224 Å². The van der Waals surface area contributed by atoms with Crippen LogP contribution in [0.4, 0.5) is 0 Å². The van der Waals surface area contributed by atoms with Crippen molar-refractivity contribution in [3.8, 4) is 0 Å². The maximum Gasteiger partial charge on any atom is 1.00 e. The van der Waals surface area contributed by atoms with Crippen molar-refractivity contribution in [1.29, 1.82) is 0 Å². The first-order valence-corrected chi connectivity index (χ1v) is 12.1. The van der Waals surface area contributed by atoms with Crippen molar-refractivity contribution >= 4 is 40.6 Å². The average molecular weight is 478 g/mol. The fourth-order valence-electron chi connectivity index (χ4n) is 3.76. The minimum absolute atomic E-state index is 0. The van der Waals surface area contributed by atoms with Crippen molar-refractivity contribution in [2.45, 2.75) is 77.0 Å². The molecule has 0 unspecified atom stereocenters. The summed E-state index contributed by atoms with van der Waals surface area (Å²) in [6.07, 6.45) is 2.91. The number of carbonyl (C=O) groups excluding carboxylic acids is 1. The van der Waals surface area contributed by atoms with Gasteiger partial charge >= 0.3 is 29.6 Å². The molecule has 0 radical (unpaired) electrons. The Balaban J connectivity index is 0.00000363. The Bertz CT molecular complexity index is 1080. The van der Waals surface area contributed by atoms with Gasteiger partial charge in [-0.2, -0.15) is 0 Å². The number of halogens is 1. The summed E-state index contributed by atoms with van der Waals surface area (Å²) in [7, 11) is 0. The molecule has 0 fully saturated rings. The van der Waals surface area contributed by atoms with E-state index in [1.54, 1.807) is 0 Å². The molecule has 5 heteroatoms. The summed E-state index contributed by atoms with van der Waals surface area (Å²) in [5.41, 5.74) is 4.39.